The fraction of sp³-hybridized carbons (Fsp3) is 0.571. The summed E-state index contributed by atoms with van der Waals surface area (Å²) in [5.41, 5.74) is 4.94. The molecule has 0 saturated carbocycles. The van der Waals surface area contributed by atoms with Crippen molar-refractivity contribution in [2.75, 3.05) is 0 Å². The molecule has 0 aromatic heterocycles. The zero-order valence-corrected chi connectivity index (χ0v) is 7.49. The molecule has 0 saturated heterocycles. The Morgan fingerprint density at radius 1 is 1.40 bits per heavy atom. The van der Waals surface area contributed by atoms with Crippen LogP contribution in [0, 0.1) is 0 Å². The van der Waals surface area contributed by atoms with Crippen molar-refractivity contribution >= 4 is 21.8 Å². The minimum Gasteiger partial charge on any atom is -0.370 e. The van der Waals surface area contributed by atoms with Gasteiger partial charge in [-0.3, -0.25) is 4.79 Å². The molecule has 58 valence electrons. The maximum absolute atomic E-state index is 10.2. The molecule has 0 aromatic carbocycles. The predicted octanol–water partition coefficient (Wildman–Crippen LogP) is 1.94. The number of allylic oxidation sites excluding steroid dienone is 1. The second-order valence-electron chi connectivity index (χ2n) is 2.19. The lowest BCUT2D eigenvalue weighted by molar-refractivity contribution is -0.118. The van der Waals surface area contributed by atoms with Gasteiger partial charge in [0.2, 0.25) is 5.91 Å². The second kappa shape index (κ2) is 5.47. The summed E-state index contributed by atoms with van der Waals surface area (Å²) >= 11 is 3.23. The highest BCUT2D eigenvalue weighted by Gasteiger charge is 1.94. The van der Waals surface area contributed by atoms with Crippen LogP contribution in [0.1, 0.15) is 25.7 Å². The van der Waals surface area contributed by atoms with Gasteiger partial charge in [0.05, 0.1) is 0 Å². The minimum absolute atomic E-state index is 0.222. The number of hydrogen-bond acceptors (Lipinski definition) is 1. The second-order valence-corrected chi connectivity index (χ2v) is 3.31. The van der Waals surface area contributed by atoms with Crippen LogP contribution in [0.25, 0.3) is 0 Å². The van der Waals surface area contributed by atoms with Crippen molar-refractivity contribution in [3.8, 4) is 0 Å². The number of hydrogen-bond donors (Lipinski definition) is 1. The zero-order chi connectivity index (χ0) is 7.98. The molecule has 0 heterocycles. The molecular formula is C7H12BrNO. The smallest absolute Gasteiger partial charge is 0.217 e. The molecule has 1 amide bonds. The van der Waals surface area contributed by atoms with Crippen molar-refractivity contribution in [2.24, 2.45) is 5.73 Å². The quantitative estimate of drug-likeness (QED) is 0.686. The molecule has 0 rings (SSSR count). The average molecular weight is 206 g/mol. The first-order chi connectivity index (χ1) is 4.63. The normalized spacial score (nSPS) is 9.30. The number of rotatable bonds is 5. The third-order valence-electron chi connectivity index (χ3n) is 1.12. The van der Waals surface area contributed by atoms with E-state index in [4.69, 9.17) is 5.73 Å². The molecule has 0 aliphatic heterocycles. The van der Waals surface area contributed by atoms with Crippen LogP contribution in [0.4, 0.5) is 0 Å². The Morgan fingerprint density at radius 2 is 1.90 bits per heavy atom. The van der Waals surface area contributed by atoms with Gasteiger partial charge in [-0.05, 0) is 23.7 Å². The van der Waals surface area contributed by atoms with Crippen molar-refractivity contribution < 1.29 is 4.79 Å². The van der Waals surface area contributed by atoms with Gasteiger partial charge in [-0.1, -0.05) is 22.5 Å². The summed E-state index contributed by atoms with van der Waals surface area (Å²) in [5, 5.41) is 0. The van der Waals surface area contributed by atoms with E-state index in [1.54, 1.807) is 0 Å². The minimum atomic E-state index is -0.222. The average Bonchev–Trinajstić information content (AvgIpc) is 1.79. The molecule has 0 atom stereocenters. The molecule has 0 aliphatic carbocycles. The molecule has 2 N–H and O–H groups in total. The third-order valence-corrected chi connectivity index (χ3v) is 1.52. The summed E-state index contributed by atoms with van der Waals surface area (Å²) in [6.07, 6.45) is 3.25. The summed E-state index contributed by atoms with van der Waals surface area (Å²) < 4.78 is 0.983. The Morgan fingerprint density at radius 3 is 2.30 bits per heavy atom. The predicted molar refractivity (Wildman–Crippen MR) is 45.7 cm³/mol. The van der Waals surface area contributed by atoms with Crippen molar-refractivity contribution in [1.82, 2.24) is 0 Å². The van der Waals surface area contributed by atoms with Gasteiger partial charge in [0.25, 0.3) is 0 Å². The van der Waals surface area contributed by atoms with Crippen LogP contribution in [-0.4, -0.2) is 5.91 Å². The highest BCUT2D eigenvalue weighted by atomic mass is 79.9. The lowest BCUT2D eigenvalue weighted by atomic mass is 10.2. The first-order valence-electron chi connectivity index (χ1n) is 3.24. The van der Waals surface area contributed by atoms with Gasteiger partial charge in [0.15, 0.2) is 0 Å². The van der Waals surface area contributed by atoms with Crippen molar-refractivity contribution in [3.63, 3.8) is 0 Å². The summed E-state index contributed by atoms with van der Waals surface area (Å²) in [6.45, 7) is 3.67. The number of carbonyl (C=O) groups excluding carboxylic acids is 1. The summed E-state index contributed by atoms with van der Waals surface area (Å²) in [4.78, 5) is 10.2. The van der Waals surface area contributed by atoms with E-state index in [1.165, 1.54) is 0 Å². The Bertz CT molecular complexity index is 118. The van der Waals surface area contributed by atoms with E-state index in [9.17, 15) is 4.79 Å². The fourth-order valence-electron chi connectivity index (χ4n) is 0.616. The fourth-order valence-corrected chi connectivity index (χ4v) is 0.896. The first-order valence-corrected chi connectivity index (χ1v) is 4.04. The van der Waals surface area contributed by atoms with E-state index in [0.717, 1.165) is 23.7 Å². The van der Waals surface area contributed by atoms with E-state index in [0.29, 0.717) is 6.42 Å². The highest BCUT2D eigenvalue weighted by molar-refractivity contribution is 9.11. The lowest BCUT2D eigenvalue weighted by Gasteiger charge is -1.95. The van der Waals surface area contributed by atoms with E-state index in [-0.39, 0.29) is 5.91 Å². The zero-order valence-electron chi connectivity index (χ0n) is 5.90. The number of halogens is 1. The molecule has 0 aromatic rings. The molecule has 3 heteroatoms. The van der Waals surface area contributed by atoms with Crippen LogP contribution in [0.2, 0.25) is 0 Å². The van der Waals surface area contributed by atoms with Crippen LogP contribution in [0.3, 0.4) is 0 Å². The Labute approximate surface area is 69.6 Å². The van der Waals surface area contributed by atoms with Crippen LogP contribution in [0.5, 0.6) is 0 Å². The Kier molecular flexibility index (Phi) is 5.30. The van der Waals surface area contributed by atoms with E-state index < -0.39 is 0 Å². The number of unbranched alkanes of at least 4 members (excludes halogenated alkanes) is 1. The van der Waals surface area contributed by atoms with Crippen LogP contribution >= 0.6 is 15.9 Å². The van der Waals surface area contributed by atoms with Gasteiger partial charge in [-0.2, -0.15) is 0 Å². The summed E-state index contributed by atoms with van der Waals surface area (Å²) in [5.74, 6) is -0.222. The maximum Gasteiger partial charge on any atom is 0.217 e. The monoisotopic (exact) mass is 205 g/mol. The van der Waals surface area contributed by atoms with Gasteiger partial charge >= 0.3 is 0 Å². The molecule has 2 nitrogen and oxygen atoms in total. The molecule has 0 fully saturated rings. The molecule has 0 radical (unpaired) electrons. The SMILES string of the molecule is C=C(Br)CCCCC(N)=O. The van der Waals surface area contributed by atoms with Crippen molar-refractivity contribution in [1.29, 1.82) is 0 Å². The standard InChI is InChI=1S/C7H12BrNO/c1-6(8)4-2-3-5-7(9)10/h1-5H2,(H2,9,10). The van der Waals surface area contributed by atoms with Gasteiger partial charge < -0.3 is 5.73 Å². The van der Waals surface area contributed by atoms with Gasteiger partial charge in [0.1, 0.15) is 0 Å². The van der Waals surface area contributed by atoms with Crippen molar-refractivity contribution in [3.05, 3.63) is 11.1 Å². The number of carbonyl (C=O) groups is 1. The maximum atomic E-state index is 10.2. The first kappa shape index (κ1) is 9.69. The van der Waals surface area contributed by atoms with E-state index in [1.807, 2.05) is 0 Å². The Hall–Kier alpha value is -0.310. The number of nitrogens with two attached hydrogens (primary N) is 1. The summed E-state index contributed by atoms with van der Waals surface area (Å²) in [7, 11) is 0. The van der Waals surface area contributed by atoms with Gasteiger partial charge in [0, 0.05) is 6.42 Å². The molecule has 10 heavy (non-hydrogen) atoms. The third kappa shape index (κ3) is 7.69. The van der Waals surface area contributed by atoms with Crippen LogP contribution < -0.4 is 5.73 Å². The van der Waals surface area contributed by atoms with Gasteiger partial charge in [-0.15, -0.1) is 0 Å². The number of amides is 1. The number of primary amides is 1. The Balaban J connectivity index is 3.06. The largest absolute Gasteiger partial charge is 0.370 e. The molecule has 0 unspecified atom stereocenters. The molecule has 0 aliphatic rings. The molecule has 0 bridgehead atoms. The van der Waals surface area contributed by atoms with E-state index in [2.05, 4.69) is 22.5 Å². The summed E-state index contributed by atoms with van der Waals surface area (Å²) in [6, 6.07) is 0. The topological polar surface area (TPSA) is 43.1 Å². The van der Waals surface area contributed by atoms with Crippen LogP contribution in [0.15, 0.2) is 11.1 Å². The lowest BCUT2D eigenvalue weighted by Crippen LogP contribution is -2.09. The van der Waals surface area contributed by atoms with Crippen LogP contribution in [-0.2, 0) is 4.79 Å². The van der Waals surface area contributed by atoms with E-state index >= 15 is 0 Å². The van der Waals surface area contributed by atoms with Gasteiger partial charge in [-0.25, -0.2) is 0 Å². The molecule has 0 spiro atoms. The molecular weight excluding hydrogens is 194 g/mol. The highest BCUT2D eigenvalue weighted by Crippen LogP contribution is 2.11. The van der Waals surface area contributed by atoms with Crippen molar-refractivity contribution in [2.45, 2.75) is 25.7 Å².